The summed E-state index contributed by atoms with van der Waals surface area (Å²) in [6.07, 6.45) is 0. The summed E-state index contributed by atoms with van der Waals surface area (Å²) in [5, 5.41) is 9.24. The fourth-order valence-electron chi connectivity index (χ4n) is 2.65. The number of carbonyl (C=O) groups is 1. The molecule has 0 saturated carbocycles. The second-order valence-corrected chi connectivity index (χ2v) is 7.26. The largest absolute Gasteiger partial charge is 0.495 e. The molecular formula is C20H21N3O3S. The number of nitrogens with zero attached hydrogens (tertiary/aromatic N) is 2. The molecule has 3 aromatic rings. The van der Waals surface area contributed by atoms with E-state index in [0.717, 1.165) is 16.1 Å². The molecule has 1 unspecified atom stereocenters. The van der Waals surface area contributed by atoms with Crippen LogP contribution in [0.4, 0.5) is 5.69 Å². The highest BCUT2D eigenvalue weighted by Crippen LogP contribution is 2.26. The van der Waals surface area contributed by atoms with Gasteiger partial charge in [0.1, 0.15) is 11.4 Å². The predicted octanol–water partition coefficient (Wildman–Crippen LogP) is 3.56. The maximum Gasteiger partial charge on any atom is 0.266 e. The molecule has 0 spiro atoms. The lowest BCUT2D eigenvalue weighted by Gasteiger charge is -2.15. The zero-order valence-electron chi connectivity index (χ0n) is 15.4. The third-order valence-corrected chi connectivity index (χ3v) is 5.04. The number of thiophene rings is 1. The molecule has 2 heterocycles. The van der Waals surface area contributed by atoms with Crippen LogP contribution in [0, 0.1) is 12.8 Å². The Balaban J connectivity index is 1.76. The summed E-state index contributed by atoms with van der Waals surface area (Å²) >= 11 is 1.55. The lowest BCUT2D eigenvalue weighted by molar-refractivity contribution is -0.119. The predicted molar refractivity (Wildman–Crippen MR) is 107 cm³/mol. The molecule has 3 rings (SSSR count). The minimum Gasteiger partial charge on any atom is -0.495 e. The lowest BCUT2D eigenvalue weighted by atomic mass is 10.1. The monoisotopic (exact) mass is 383 g/mol. The molecule has 1 amide bonds. The Kier molecular flexibility index (Phi) is 5.71. The molecule has 1 aromatic carbocycles. The molecule has 0 saturated heterocycles. The van der Waals surface area contributed by atoms with Crippen LogP contribution in [-0.4, -0.2) is 22.8 Å². The quantitative estimate of drug-likeness (QED) is 0.706. The van der Waals surface area contributed by atoms with Crippen LogP contribution < -0.4 is 15.6 Å². The van der Waals surface area contributed by atoms with E-state index in [1.165, 1.54) is 10.7 Å². The standard InChI is InChI=1S/C20H21N3O3S/c1-13-6-8-17(26-3)16(11-13)21-20(25)14(2)12-23-19(24)9-7-15(22-23)18-5-4-10-27-18/h4-11,14H,12H2,1-3H3,(H,21,25). The summed E-state index contributed by atoms with van der Waals surface area (Å²) in [5.41, 5.74) is 2.11. The van der Waals surface area contributed by atoms with Gasteiger partial charge in [0.25, 0.3) is 5.56 Å². The minimum atomic E-state index is -0.445. The zero-order valence-corrected chi connectivity index (χ0v) is 16.2. The summed E-state index contributed by atoms with van der Waals surface area (Å²) < 4.78 is 6.63. The van der Waals surface area contributed by atoms with E-state index in [0.29, 0.717) is 11.4 Å². The number of hydrogen-bond acceptors (Lipinski definition) is 5. The van der Waals surface area contributed by atoms with Gasteiger partial charge in [-0.3, -0.25) is 9.59 Å². The number of aryl methyl sites for hydroxylation is 1. The van der Waals surface area contributed by atoms with Crippen LogP contribution in [-0.2, 0) is 11.3 Å². The van der Waals surface area contributed by atoms with Crippen molar-refractivity contribution in [1.29, 1.82) is 0 Å². The van der Waals surface area contributed by atoms with Crippen molar-refractivity contribution in [3.63, 3.8) is 0 Å². The van der Waals surface area contributed by atoms with Gasteiger partial charge in [-0.1, -0.05) is 19.1 Å². The van der Waals surface area contributed by atoms with Crippen molar-refractivity contribution >= 4 is 22.9 Å². The first-order valence-corrected chi connectivity index (χ1v) is 9.43. The van der Waals surface area contributed by atoms with E-state index in [2.05, 4.69) is 10.4 Å². The Morgan fingerprint density at radius 2 is 2.11 bits per heavy atom. The van der Waals surface area contributed by atoms with Crippen LogP contribution in [0.15, 0.2) is 52.6 Å². The molecule has 0 fully saturated rings. The van der Waals surface area contributed by atoms with Crippen molar-refractivity contribution in [2.45, 2.75) is 20.4 Å². The van der Waals surface area contributed by atoms with Crippen molar-refractivity contribution in [3.8, 4) is 16.3 Å². The zero-order chi connectivity index (χ0) is 19.4. The average Bonchev–Trinajstić information content (AvgIpc) is 3.18. The molecule has 7 heteroatoms. The third-order valence-electron chi connectivity index (χ3n) is 4.15. The SMILES string of the molecule is COc1ccc(C)cc1NC(=O)C(C)Cn1nc(-c2cccs2)ccc1=O. The Labute approximate surface area is 161 Å². The van der Waals surface area contributed by atoms with Crippen LogP contribution in [0.2, 0.25) is 0 Å². The maximum absolute atomic E-state index is 12.6. The molecule has 0 radical (unpaired) electrons. The van der Waals surface area contributed by atoms with Gasteiger partial charge in [0, 0.05) is 6.07 Å². The Bertz CT molecular complexity index is 996. The van der Waals surface area contributed by atoms with Crippen LogP contribution >= 0.6 is 11.3 Å². The van der Waals surface area contributed by atoms with E-state index >= 15 is 0 Å². The molecule has 0 aliphatic rings. The normalized spacial score (nSPS) is 11.8. The van der Waals surface area contributed by atoms with Gasteiger partial charge in [-0.25, -0.2) is 4.68 Å². The molecule has 1 N–H and O–H groups in total. The summed E-state index contributed by atoms with van der Waals surface area (Å²) in [6, 6.07) is 12.6. The number of nitrogens with one attached hydrogen (secondary N) is 1. The number of benzene rings is 1. The van der Waals surface area contributed by atoms with Gasteiger partial charge in [-0.05, 0) is 42.1 Å². The fraction of sp³-hybridized carbons (Fsp3) is 0.250. The fourth-order valence-corrected chi connectivity index (χ4v) is 3.34. The van der Waals surface area contributed by atoms with Gasteiger partial charge in [0.2, 0.25) is 5.91 Å². The third kappa shape index (κ3) is 4.43. The Morgan fingerprint density at radius 3 is 2.81 bits per heavy atom. The number of hydrogen-bond donors (Lipinski definition) is 1. The summed E-state index contributed by atoms with van der Waals surface area (Å²) in [4.78, 5) is 25.7. The van der Waals surface area contributed by atoms with Crippen LogP contribution in [0.5, 0.6) is 5.75 Å². The van der Waals surface area contributed by atoms with Gasteiger partial charge in [-0.2, -0.15) is 5.10 Å². The number of anilines is 1. The van der Waals surface area contributed by atoms with Crippen molar-refractivity contribution in [2.24, 2.45) is 5.92 Å². The number of methoxy groups -OCH3 is 1. The maximum atomic E-state index is 12.6. The van der Waals surface area contributed by atoms with Gasteiger partial charge in [0.15, 0.2) is 0 Å². The van der Waals surface area contributed by atoms with Crippen LogP contribution in [0.1, 0.15) is 12.5 Å². The Morgan fingerprint density at radius 1 is 1.30 bits per heavy atom. The van der Waals surface area contributed by atoms with E-state index in [-0.39, 0.29) is 18.0 Å². The molecule has 140 valence electrons. The lowest BCUT2D eigenvalue weighted by Crippen LogP contribution is -2.31. The molecule has 6 nitrogen and oxygen atoms in total. The van der Waals surface area contributed by atoms with E-state index < -0.39 is 5.92 Å². The molecule has 0 aliphatic carbocycles. The number of carbonyl (C=O) groups excluding carboxylic acids is 1. The first-order valence-electron chi connectivity index (χ1n) is 8.55. The second kappa shape index (κ2) is 8.18. The van der Waals surface area contributed by atoms with E-state index in [1.807, 2.05) is 42.6 Å². The minimum absolute atomic E-state index is 0.192. The number of ether oxygens (including phenoxy) is 1. The molecule has 0 aliphatic heterocycles. The van der Waals surface area contributed by atoms with Gasteiger partial charge in [-0.15, -0.1) is 11.3 Å². The first kappa shape index (κ1) is 18.8. The number of aromatic nitrogens is 2. The highest BCUT2D eigenvalue weighted by atomic mass is 32.1. The second-order valence-electron chi connectivity index (χ2n) is 6.31. The average molecular weight is 383 g/mol. The molecule has 0 bridgehead atoms. The van der Waals surface area contributed by atoms with Gasteiger partial charge < -0.3 is 10.1 Å². The highest BCUT2D eigenvalue weighted by Gasteiger charge is 2.17. The molecule has 27 heavy (non-hydrogen) atoms. The molecular weight excluding hydrogens is 362 g/mol. The summed E-state index contributed by atoms with van der Waals surface area (Å²) in [7, 11) is 1.56. The van der Waals surface area contributed by atoms with Crippen molar-refractivity contribution in [2.75, 3.05) is 12.4 Å². The first-order chi connectivity index (χ1) is 13.0. The van der Waals surface area contributed by atoms with E-state index in [9.17, 15) is 9.59 Å². The number of amides is 1. The molecule has 1 atom stereocenters. The molecule has 2 aromatic heterocycles. The summed E-state index contributed by atoms with van der Waals surface area (Å²) in [6.45, 7) is 3.90. The van der Waals surface area contributed by atoms with E-state index in [1.54, 1.807) is 31.4 Å². The topological polar surface area (TPSA) is 73.2 Å². The Hall–Kier alpha value is -2.93. The van der Waals surface area contributed by atoms with Gasteiger partial charge in [0.05, 0.1) is 30.1 Å². The smallest absolute Gasteiger partial charge is 0.266 e. The summed E-state index contributed by atoms with van der Waals surface area (Å²) in [5.74, 6) is -0.0516. The van der Waals surface area contributed by atoms with Gasteiger partial charge >= 0.3 is 0 Å². The highest BCUT2D eigenvalue weighted by molar-refractivity contribution is 7.13. The van der Waals surface area contributed by atoms with E-state index in [4.69, 9.17) is 4.74 Å². The van der Waals surface area contributed by atoms with Crippen LogP contribution in [0.25, 0.3) is 10.6 Å². The number of rotatable bonds is 6. The van der Waals surface area contributed by atoms with Crippen molar-refractivity contribution < 1.29 is 9.53 Å². The van der Waals surface area contributed by atoms with Crippen molar-refractivity contribution in [1.82, 2.24) is 9.78 Å². The van der Waals surface area contributed by atoms with Crippen molar-refractivity contribution in [3.05, 3.63) is 63.8 Å². The van der Waals surface area contributed by atoms with Crippen LogP contribution in [0.3, 0.4) is 0 Å².